The van der Waals surface area contributed by atoms with Crippen molar-refractivity contribution in [2.75, 3.05) is 6.61 Å². The van der Waals surface area contributed by atoms with E-state index >= 15 is 0 Å². The van der Waals surface area contributed by atoms with Gasteiger partial charge in [0, 0.05) is 5.56 Å². The maximum absolute atomic E-state index is 11.1. The summed E-state index contributed by atoms with van der Waals surface area (Å²) in [5, 5.41) is 9.70. The summed E-state index contributed by atoms with van der Waals surface area (Å²) < 4.78 is 16.5. The number of hydrogen-bond donors (Lipinski definition) is 3. The van der Waals surface area contributed by atoms with E-state index in [1.54, 1.807) is 12.1 Å². The molecule has 2 aromatic carbocycles. The van der Waals surface area contributed by atoms with Crippen molar-refractivity contribution >= 4 is 7.60 Å². The van der Waals surface area contributed by atoms with Crippen LogP contribution in [0.2, 0.25) is 0 Å². The maximum Gasteiger partial charge on any atom is 0.330 e. The lowest BCUT2D eigenvalue weighted by atomic mass is 10.0. The second-order valence-electron chi connectivity index (χ2n) is 5.04. The van der Waals surface area contributed by atoms with Gasteiger partial charge in [0.2, 0.25) is 0 Å². The lowest BCUT2D eigenvalue weighted by Crippen LogP contribution is -1.94. The van der Waals surface area contributed by atoms with Gasteiger partial charge in [0.15, 0.2) is 0 Å². The first-order valence-electron chi connectivity index (χ1n) is 6.94. The van der Waals surface area contributed by atoms with Gasteiger partial charge in [-0.15, -0.1) is 0 Å². The first-order chi connectivity index (χ1) is 10.4. The van der Waals surface area contributed by atoms with Gasteiger partial charge >= 0.3 is 7.60 Å². The summed E-state index contributed by atoms with van der Waals surface area (Å²) in [6.45, 7) is 2.54. The van der Waals surface area contributed by atoms with Crippen LogP contribution in [-0.2, 0) is 17.1 Å². The summed E-state index contributed by atoms with van der Waals surface area (Å²) in [5.41, 5.74) is 2.19. The highest BCUT2D eigenvalue weighted by Crippen LogP contribution is 2.41. The highest BCUT2D eigenvalue weighted by atomic mass is 31.2. The Morgan fingerprint density at radius 3 is 2.27 bits per heavy atom. The van der Waals surface area contributed by atoms with E-state index in [-0.39, 0.29) is 11.3 Å². The average molecular weight is 322 g/mol. The summed E-state index contributed by atoms with van der Waals surface area (Å²) in [4.78, 5) is 18.1. The van der Waals surface area contributed by atoms with Crippen molar-refractivity contribution in [1.29, 1.82) is 0 Å². The van der Waals surface area contributed by atoms with Crippen molar-refractivity contribution in [2.24, 2.45) is 0 Å². The fourth-order valence-corrected chi connectivity index (χ4v) is 2.90. The van der Waals surface area contributed by atoms with E-state index in [1.807, 2.05) is 31.2 Å². The molecule has 0 aliphatic rings. The summed E-state index contributed by atoms with van der Waals surface area (Å²) in [7, 11) is -4.21. The molecule has 22 heavy (non-hydrogen) atoms. The van der Waals surface area contributed by atoms with Crippen LogP contribution in [0, 0.1) is 0 Å². The van der Waals surface area contributed by atoms with Crippen molar-refractivity contribution in [3.8, 4) is 11.5 Å². The first-order valence-corrected chi connectivity index (χ1v) is 8.74. The maximum atomic E-state index is 11.1. The lowest BCUT2D eigenvalue weighted by molar-refractivity contribution is 0.340. The summed E-state index contributed by atoms with van der Waals surface area (Å²) in [6, 6.07) is 12.5. The van der Waals surface area contributed by atoms with Crippen LogP contribution < -0.4 is 4.74 Å². The topological polar surface area (TPSA) is 87.0 Å². The highest BCUT2D eigenvalue weighted by Gasteiger charge is 2.17. The summed E-state index contributed by atoms with van der Waals surface area (Å²) >= 11 is 0. The number of phenols is 1. The second-order valence-corrected chi connectivity index (χ2v) is 6.69. The zero-order valence-corrected chi connectivity index (χ0v) is 13.2. The number of ether oxygens (including phenoxy) is 1. The number of benzene rings is 2. The lowest BCUT2D eigenvalue weighted by Gasteiger charge is -2.10. The van der Waals surface area contributed by atoms with Crippen molar-refractivity contribution in [3.05, 3.63) is 59.2 Å². The average Bonchev–Trinajstić information content (AvgIpc) is 2.43. The monoisotopic (exact) mass is 322 g/mol. The van der Waals surface area contributed by atoms with Crippen LogP contribution in [0.15, 0.2) is 42.5 Å². The second kappa shape index (κ2) is 6.97. The van der Waals surface area contributed by atoms with Crippen LogP contribution in [0.1, 0.15) is 23.6 Å². The highest BCUT2D eigenvalue weighted by molar-refractivity contribution is 7.50. The molecule has 118 valence electrons. The van der Waals surface area contributed by atoms with Crippen molar-refractivity contribution in [1.82, 2.24) is 0 Å². The largest absolute Gasteiger partial charge is 0.508 e. The Balaban J connectivity index is 2.15. The molecule has 0 spiro atoms. The van der Waals surface area contributed by atoms with Gasteiger partial charge in [-0.3, -0.25) is 4.57 Å². The van der Waals surface area contributed by atoms with Gasteiger partial charge in [-0.1, -0.05) is 24.3 Å². The van der Waals surface area contributed by atoms with E-state index in [0.717, 1.165) is 16.9 Å². The third kappa shape index (κ3) is 4.88. The van der Waals surface area contributed by atoms with Crippen LogP contribution in [0.25, 0.3) is 0 Å². The SMILES string of the molecule is CCOc1ccc(Cc2ccc(O)c(CP(=O)(O)O)c2)cc1. The Bertz CT molecular complexity index is 675. The van der Waals surface area contributed by atoms with E-state index in [9.17, 15) is 9.67 Å². The van der Waals surface area contributed by atoms with E-state index in [4.69, 9.17) is 14.5 Å². The van der Waals surface area contributed by atoms with E-state index in [0.29, 0.717) is 13.0 Å². The third-order valence-electron chi connectivity index (χ3n) is 3.16. The Labute approximate surface area is 129 Å². The molecule has 0 saturated carbocycles. The van der Waals surface area contributed by atoms with Gasteiger partial charge in [0.1, 0.15) is 11.5 Å². The van der Waals surface area contributed by atoms with Crippen LogP contribution in [-0.4, -0.2) is 21.5 Å². The Morgan fingerprint density at radius 2 is 1.68 bits per heavy atom. The van der Waals surface area contributed by atoms with E-state index in [1.165, 1.54) is 6.07 Å². The van der Waals surface area contributed by atoms with E-state index < -0.39 is 13.8 Å². The Morgan fingerprint density at radius 1 is 1.05 bits per heavy atom. The zero-order valence-electron chi connectivity index (χ0n) is 12.3. The molecule has 0 bridgehead atoms. The number of phenolic OH excluding ortho intramolecular Hbond substituents is 1. The van der Waals surface area contributed by atoms with Gasteiger partial charge in [0.25, 0.3) is 0 Å². The number of aromatic hydroxyl groups is 1. The van der Waals surface area contributed by atoms with Gasteiger partial charge in [0.05, 0.1) is 12.8 Å². The molecule has 0 heterocycles. The number of hydrogen-bond acceptors (Lipinski definition) is 3. The standard InChI is InChI=1S/C16H19O5P/c1-2-21-15-6-3-12(4-7-15)9-13-5-8-16(17)14(10-13)11-22(18,19)20/h3-8,10,17H,2,9,11H2,1H3,(H2,18,19,20). The molecular weight excluding hydrogens is 303 g/mol. The number of rotatable bonds is 6. The van der Waals surface area contributed by atoms with Gasteiger partial charge < -0.3 is 19.6 Å². The molecule has 0 saturated heterocycles. The molecule has 2 aromatic rings. The molecule has 0 aliphatic carbocycles. The van der Waals surface area contributed by atoms with Crippen LogP contribution in [0.4, 0.5) is 0 Å². The zero-order chi connectivity index (χ0) is 16.2. The Kier molecular flexibility index (Phi) is 5.24. The van der Waals surface area contributed by atoms with E-state index in [2.05, 4.69) is 0 Å². The van der Waals surface area contributed by atoms with Crippen LogP contribution in [0.5, 0.6) is 11.5 Å². The normalized spacial score (nSPS) is 11.4. The predicted octanol–water partition coefficient (Wildman–Crippen LogP) is 3.06. The molecular formula is C16H19O5P. The fraction of sp³-hybridized carbons (Fsp3) is 0.250. The van der Waals surface area contributed by atoms with Gasteiger partial charge in [-0.25, -0.2) is 0 Å². The smallest absolute Gasteiger partial charge is 0.330 e. The molecule has 5 nitrogen and oxygen atoms in total. The van der Waals surface area contributed by atoms with Crippen molar-refractivity contribution < 1.29 is 24.2 Å². The molecule has 3 N–H and O–H groups in total. The third-order valence-corrected chi connectivity index (χ3v) is 3.92. The van der Waals surface area contributed by atoms with Gasteiger partial charge in [-0.2, -0.15) is 0 Å². The molecule has 0 radical (unpaired) electrons. The summed E-state index contributed by atoms with van der Waals surface area (Å²) in [5.74, 6) is 0.706. The van der Waals surface area contributed by atoms with Crippen LogP contribution >= 0.6 is 7.60 Å². The molecule has 0 aromatic heterocycles. The fourth-order valence-electron chi connectivity index (χ4n) is 2.20. The molecule has 0 atom stereocenters. The van der Waals surface area contributed by atoms with Gasteiger partial charge in [-0.05, 0) is 42.7 Å². The minimum absolute atomic E-state index is 0.0984. The molecule has 0 aliphatic heterocycles. The van der Waals surface area contributed by atoms with Crippen molar-refractivity contribution in [3.63, 3.8) is 0 Å². The molecule has 2 rings (SSSR count). The Hall–Kier alpha value is -1.81. The van der Waals surface area contributed by atoms with Crippen molar-refractivity contribution in [2.45, 2.75) is 19.5 Å². The molecule has 0 fully saturated rings. The summed E-state index contributed by atoms with van der Waals surface area (Å²) in [6.07, 6.45) is 0.150. The first kappa shape index (κ1) is 16.6. The predicted molar refractivity (Wildman–Crippen MR) is 84.3 cm³/mol. The molecule has 6 heteroatoms. The minimum Gasteiger partial charge on any atom is -0.508 e. The molecule has 0 amide bonds. The van der Waals surface area contributed by atoms with Crippen LogP contribution in [0.3, 0.4) is 0 Å². The quantitative estimate of drug-likeness (QED) is 0.712. The minimum atomic E-state index is -4.21. The molecule has 0 unspecified atom stereocenters.